The summed E-state index contributed by atoms with van der Waals surface area (Å²) in [5.74, 6) is 0.300. The molecule has 0 amide bonds. The lowest BCUT2D eigenvalue weighted by Gasteiger charge is -2.01. The van der Waals surface area contributed by atoms with Gasteiger partial charge < -0.3 is 5.73 Å². The first kappa shape index (κ1) is 10.3. The fourth-order valence-corrected chi connectivity index (χ4v) is 2.92. The van der Waals surface area contributed by atoms with Gasteiger partial charge in [0.2, 0.25) is 0 Å². The predicted molar refractivity (Wildman–Crippen MR) is 67.6 cm³/mol. The second kappa shape index (κ2) is 3.56. The number of hydrogen-bond acceptors (Lipinski definition) is 3. The number of benzene rings is 1. The van der Waals surface area contributed by atoms with Crippen molar-refractivity contribution in [2.45, 2.75) is 6.92 Å². The van der Waals surface area contributed by atoms with Crippen molar-refractivity contribution < 1.29 is 4.39 Å². The highest BCUT2D eigenvalue weighted by atomic mass is 32.1. The Labute approximate surface area is 101 Å². The first-order valence-corrected chi connectivity index (χ1v) is 5.96. The minimum Gasteiger partial charge on any atom is -0.381 e. The second-order valence-electron chi connectivity index (χ2n) is 3.82. The lowest BCUT2D eigenvalue weighted by Crippen LogP contribution is -1.86. The summed E-state index contributed by atoms with van der Waals surface area (Å²) in [5.41, 5.74) is 7.77. The Hall–Kier alpha value is -1.88. The van der Waals surface area contributed by atoms with Crippen LogP contribution in [0.5, 0.6) is 0 Å². The summed E-state index contributed by atoms with van der Waals surface area (Å²) in [7, 11) is 0. The van der Waals surface area contributed by atoms with Gasteiger partial charge in [-0.2, -0.15) is 0 Å². The van der Waals surface area contributed by atoms with Gasteiger partial charge in [-0.3, -0.25) is 4.40 Å². The minimum atomic E-state index is -0.233. The Kier molecular flexibility index (Phi) is 2.16. The molecule has 1 aromatic carbocycles. The van der Waals surface area contributed by atoms with Crippen molar-refractivity contribution in [2.24, 2.45) is 0 Å². The quantitative estimate of drug-likeness (QED) is 0.718. The number of aryl methyl sites for hydroxylation is 1. The highest BCUT2D eigenvalue weighted by Crippen LogP contribution is 2.33. The van der Waals surface area contributed by atoms with E-state index in [1.165, 1.54) is 12.1 Å². The molecule has 0 aliphatic heterocycles. The molecular weight excluding hydrogens is 237 g/mol. The van der Waals surface area contributed by atoms with Crippen LogP contribution in [0.3, 0.4) is 0 Å². The van der Waals surface area contributed by atoms with Gasteiger partial charge in [-0.15, -0.1) is 11.3 Å². The number of imidazole rings is 1. The zero-order valence-corrected chi connectivity index (χ0v) is 9.96. The molecule has 3 aromatic rings. The summed E-state index contributed by atoms with van der Waals surface area (Å²) in [6.45, 7) is 2.02. The maximum absolute atomic E-state index is 12.9. The highest BCUT2D eigenvalue weighted by Gasteiger charge is 2.13. The van der Waals surface area contributed by atoms with Crippen LogP contribution in [0.25, 0.3) is 16.1 Å². The van der Waals surface area contributed by atoms with Crippen LogP contribution in [0.4, 0.5) is 10.2 Å². The molecule has 0 aliphatic carbocycles. The molecule has 0 fully saturated rings. The molecule has 3 rings (SSSR count). The van der Waals surface area contributed by atoms with Crippen molar-refractivity contribution >= 4 is 22.0 Å². The summed E-state index contributed by atoms with van der Waals surface area (Å²) < 4.78 is 14.9. The molecule has 3 nitrogen and oxygen atoms in total. The molecule has 0 saturated heterocycles. The molecule has 0 saturated carbocycles. The average molecular weight is 247 g/mol. The molecule has 0 bridgehead atoms. The summed E-state index contributed by atoms with van der Waals surface area (Å²) in [6.07, 6.45) is 1.70. The summed E-state index contributed by atoms with van der Waals surface area (Å²) in [6, 6.07) is 6.44. The van der Waals surface area contributed by atoms with Crippen molar-refractivity contribution in [3.05, 3.63) is 41.3 Å². The largest absolute Gasteiger partial charge is 0.381 e. The fraction of sp³-hybridized carbons (Fsp3) is 0.0833. The van der Waals surface area contributed by atoms with Gasteiger partial charge in [-0.1, -0.05) is 0 Å². The van der Waals surface area contributed by atoms with Crippen molar-refractivity contribution in [1.29, 1.82) is 0 Å². The van der Waals surface area contributed by atoms with Crippen molar-refractivity contribution in [3.63, 3.8) is 0 Å². The van der Waals surface area contributed by atoms with Crippen molar-refractivity contribution in [2.75, 3.05) is 5.73 Å². The molecule has 2 N–H and O–H groups in total. The van der Waals surface area contributed by atoms with Gasteiger partial charge in [0.25, 0.3) is 0 Å². The monoisotopic (exact) mass is 247 g/mol. The van der Waals surface area contributed by atoms with E-state index in [1.54, 1.807) is 29.8 Å². The van der Waals surface area contributed by atoms with Crippen LogP contribution in [0.1, 0.15) is 4.88 Å². The lowest BCUT2D eigenvalue weighted by molar-refractivity contribution is 0.628. The number of nitrogen functional groups attached to an aromatic ring is 1. The third-order valence-corrected chi connectivity index (χ3v) is 3.79. The molecule has 2 aromatic heterocycles. The topological polar surface area (TPSA) is 43.3 Å². The molecule has 0 aliphatic rings. The maximum atomic E-state index is 12.9. The van der Waals surface area contributed by atoms with Crippen LogP contribution in [-0.2, 0) is 0 Å². The average Bonchev–Trinajstić information content (AvgIpc) is 2.81. The number of hydrogen-bond donors (Lipinski definition) is 1. The van der Waals surface area contributed by atoms with Crippen LogP contribution in [0, 0.1) is 12.7 Å². The third kappa shape index (κ3) is 1.51. The number of nitrogens with zero attached hydrogens (tertiary/aromatic N) is 2. The second-order valence-corrected chi connectivity index (χ2v) is 5.02. The summed E-state index contributed by atoms with van der Waals surface area (Å²) in [5, 5.41) is 0. The molecule has 0 spiro atoms. The molecule has 0 radical (unpaired) electrons. The van der Waals surface area contributed by atoms with Crippen LogP contribution in [-0.4, -0.2) is 9.38 Å². The van der Waals surface area contributed by atoms with E-state index in [0.29, 0.717) is 5.82 Å². The maximum Gasteiger partial charge on any atom is 0.160 e. The normalized spacial score (nSPS) is 11.2. The Morgan fingerprint density at radius 1 is 1.29 bits per heavy atom. The number of anilines is 1. The minimum absolute atomic E-state index is 0.233. The van der Waals surface area contributed by atoms with E-state index in [9.17, 15) is 4.39 Å². The van der Waals surface area contributed by atoms with E-state index in [4.69, 9.17) is 5.73 Å². The van der Waals surface area contributed by atoms with Gasteiger partial charge in [0.15, 0.2) is 5.82 Å². The van der Waals surface area contributed by atoms with Crippen molar-refractivity contribution in [3.8, 4) is 11.3 Å². The number of halogens is 1. The molecule has 0 atom stereocenters. The van der Waals surface area contributed by atoms with E-state index in [0.717, 1.165) is 21.0 Å². The number of fused-ring (bicyclic) bond motifs is 1. The number of rotatable bonds is 1. The predicted octanol–water partition coefficient (Wildman–Crippen LogP) is 3.09. The molecule has 5 heteroatoms. The van der Waals surface area contributed by atoms with E-state index >= 15 is 0 Å². The first-order chi connectivity index (χ1) is 8.16. The smallest absolute Gasteiger partial charge is 0.160 e. The zero-order valence-electron chi connectivity index (χ0n) is 9.14. The van der Waals surface area contributed by atoms with E-state index in [-0.39, 0.29) is 5.82 Å². The van der Waals surface area contributed by atoms with Gasteiger partial charge in [0.05, 0.1) is 5.69 Å². The molecule has 86 valence electrons. The van der Waals surface area contributed by atoms with Gasteiger partial charge in [-0.25, -0.2) is 9.37 Å². The zero-order chi connectivity index (χ0) is 12.0. The Morgan fingerprint density at radius 2 is 2.00 bits per heavy atom. The van der Waals surface area contributed by atoms with E-state index in [1.807, 2.05) is 11.3 Å². The summed E-state index contributed by atoms with van der Waals surface area (Å²) in [4.78, 5) is 6.15. The molecule has 2 heterocycles. The fourth-order valence-electron chi connectivity index (χ4n) is 1.92. The summed E-state index contributed by atoms with van der Waals surface area (Å²) >= 11 is 1.59. The van der Waals surface area contributed by atoms with Gasteiger partial charge in [-0.05, 0) is 36.8 Å². The number of nitrogens with two attached hydrogens (primary N) is 1. The highest BCUT2D eigenvalue weighted by molar-refractivity contribution is 7.18. The van der Waals surface area contributed by atoms with Crippen LogP contribution in [0.15, 0.2) is 30.6 Å². The number of aromatic nitrogens is 2. The third-order valence-electron chi connectivity index (χ3n) is 2.69. The lowest BCUT2D eigenvalue weighted by atomic mass is 10.1. The molecule has 17 heavy (non-hydrogen) atoms. The Morgan fingerprint density at radius 3 is 2.71 bits per heavy atom. The van der Waals surface area contributed by atoms with Gasteiger partial charge in [0, 0.05) is 4.88 Å². The Balaban J connectivity index is 2.29. The molecule has 0 unspecified atom stereocenters. The Bertz CT molecular complexity index is 682. The van der Waals surface area contributed by atoms with E-state index < -0.39 is 0 Å². The van der Waals surface area contributed by atoms with Crippen LogP contribution < -0.4 is 5.73 Å². The standard InChI is InChI=1S/C12H10FN3S/c1-7-10(8-2-4-9(13)5-3-8)16-6-15-11(14)12(16)17-7/h2-6H,14H2,1H3. The van der Waals surface area contributed by atoms with Crippen molar-refractivity contribution in [1.82, 2.24) is 9.38 Å². The van der Waals surface area contributed by atoms with E-state index in [2.05, 4.69) is 4.98 Å². The number of thiazole rings is 1. The first-order valence-electron chi connectivity index (χ1n) is 5.14. The van der Waals surface area contributed by atoms with Crippen LogP contribution >= 0.6 is 11.3 Å². The van der Waals surface area contributed by atoms with Gasteiger partial charge in [0.1, 0.15) is 17.0 Å². The SMILES string of the molecule is Cc1sc2c(N)ncn2c1-c1ccc(F)cc1. The van der Waals surface area contributed by atoms with Gasteiger partial charge >= 0.3 is 0 Å². The molecular formula is C12H10FN3S. The van der Waals surface area contributed by atoms with Crippen LogP contribution in [0.2, 0.25) is 0 Å².